The Hall–Kier alpha value is -1.48. The van der Waals surface area contributed by atoms with Gasteiger partial charge in [-0.3, -0.25) is 0 Å². The number of esters is 1. The second-order valence-electron chi connectivity index (χ2n) is 3.39. The van der Waals surface area contributed by atoms with E-state index in [1.54, 1.807) is 21.0 Å². The number of hydrogen-bond acceptors (Lipinski definition) is 3. The van der Waals surface area contributed by atoms with Crippen molar-refractivity contribution in [2.24, 2.45) is 0 Å². The second-order valence-corrected chi connectivity index (χ2v) is 3.77. The van der Waals surface area contributed by atoms with E-state index < -0.39 is 5.97 Å². The summed E-state index contributed by atoms with van der Waals surface area (Å²) in [5, 5.41) is 0.108. The Kier molecular flexibility index (Phi) is 5.04. The van der Waals surface area contributed by atoms with Gasteiger partial charge in [0.05, 0.1) is 13.7 Å². The van der Waals surface area contributed by atoms with Crippen molar-refractivity contribution in [1.29, 1.82) is 0 Å². The van der Waals surface area contributed by atoms with Gasteiger partial charge in [-0.1, -0.05) is 23.7 Å². The quantitative estimate of drug-likeness (QED) is 0.611. The molecule has 1 rings (SSSR count). The zero-order valence-corrected chi connectivity index (χ0v) is 10.9. The standard InChI is InChI=1S/C13H15ClO3/c1-4-17-13(15)12(14)9(2)10-5-7-11(16-3)8-6-10/h5-8H,4H2,1-3H3/b12-9-. The minimum absolute atomic E-state index is 0.108. The number of ether oxygens (including phenoxy) is 2. The number of methoxy groups -OCH3 is 1. The number of rotatable bonds is 4. The lowest BCUT2D eigenvalue weighted by molar-refractivity contribution is -0.137. The molecule has 0 N–H and O–H groups in total. The fourth-order valence-electron chi connectivity index (χ4n) is 1.32. The number of carbonyl (C=O) groups excluding carboxylic acids is 1. The molecule has 4 heteroatoms. The maximum Gasteiger partial charge on any atom is 0.350 e. The first-order valence-electron chi connectivity index (χ1n) is 5.28. The minimum Gasteiger partial charge on any atom is -0.497 e. The van der Waals surface area contributed by atoms with Gasteiger partial charge in [0.2, 0.25) is 0 Å². The van der Waals surface area contributed by atoms with Crippen LogP contribution in [-0.2, 0) is 9.53 Å². The summed E-state index contributed by atoms with van der Waals surface area (Å²) in [5.74, 6) is 0.260. The van der Waals surface area contributed by atoms with Crippen molar-refractivity contribution >= 4 is 23.1 Å². The third-order valence-electron chi connectivity index (χ3n) is 2.31. The van der Waals surface area contributed by atoms with Crippen molar-refractivity contribution in [3.05, 3.63) is 34.9 Å². The highest BCUT2D eigenvalue weighted by Gasteiger charge is 2.12. The SMILES string of the molecule is CCOC(=O)/C(Cl)=C(\C)c1ccc(OC)cc1. The number of hydrogen-bond donors (Lipinski definition) is 0. The van der Waals surface area contributed by atoms with Crippen LogP contribution in [0.3, 0.4) is 0 Å². The Morgan fingerprint density at radius 3 is 2.35 bits per heavy atom. The number of allylic oxidation sites excluding steroid dienone is 1. The van der Waals surface area contributed by atoms with Crippen molar-refractivity contribution in [1.82, 2.24) is 0 Å². The lowest BCUT2D eigenvalue weighted by atomic mass is 10.1. The molecule has 0 aliphatic carbocycles. The molecule has 0 atom stereocenters. The van der Waals surface area contributed by atoms with Crippen LogP contribution in [0.2, 0.25) is 0 Å². The van der Waals surface area contributed by atoms with Crippen molar-refractivity contribution in [2.45, 2.75) is 13.8 Å². The largest absolute Gasteiger partial charge is 0.497 e. The first kappa shape index (κ1) is 13.6. The molecule has 1 aromatic carbocycles. The monoisotopic (exact) mass is 254 g/mol. The third-order valence-corrected chi connectivity index (χ3v) is 2.74. The highest BCUT2D eigenvalue weighted by Crippen LogP contribution is 2.23. The van der Waals surface area contributed by atoms with Crippen LogP contribution in [0.25, 0.3) is 5.57 Å². The molecule has 0 fully saturated rings. The van der Waals surface area contributed by atoms with E-state index in [1.807, 2.05) is 24.3 Å². The molecule has 0 amide bonds. The molecule has 17 heavy (non-hydrogen) atoms. The van der Waals surface area contributed by atoms with Crippen LogP contribution in [-0.4, -0.2) is 19.7 Å². The number of carbonyl (C=O) groups is 1. The summed E-state index contributed by atoms with van der Waals surface area (Å²) in [7, 11) is 1.60. The van der Waals surface area contributed by atoms with E-state index in [-0.39, 0.29) is 5.03 Å². The van der Waals surface area contributed by atoms with Crippen LogP contribution in [0.15, 0.2) is 29.3 Å². The summed E-state index contributed by atoms with van der Waals surface area (Å²) < 4.78 is 9.89. The van der Waals surface area contributed by atoms with Crippen molar-refractivity contribution in [2.75, 3.05) is 13.7 Å². The maximum absolute atomic E-state index is 11.4. The number of halogens is 1. The average Bonchev–Trinajstić information content (AvgIpc) is 2.37. The molecule has 92 valence electrons. The molecular formula is C13H15ClO3. The van der Waals surface area contributed by atoms with E-state index in [0.29, 0.717) is 12.2 Å². The highest BCUT2D eigenvalue weighted by atomic mass is 35.5. The van der Waals surface area contributed by atoms with Gasteiger partial charge in [-0.25, -0.2) is 4.79 Å². The van der Waals surface area contributed by atoms with Crippen LogP contribution >= 0.6 is 11.6 Å². The Morgan fingerprint density at radius 2 is 1.88 bits per heavy atom. The molecule has 0 bridgehead atoms. The first-order valence-corrected chi connectivity index (χ1v) is 5.65. The van der Waals surface area contributed by atoms with Crippen LogP contribution < -0.4 is 4.74 Å². The molecule has 0 saturated carbocycles. The van der Waals surface area contributed by atoms with E-state index in [2.05, 4.69) is 0 Å². The molecule has 0 heterocycles. The van der Waals surface area contributed by atoms with Gasteiger partial charge >= 0.3 is 5.97 Å². The van der Waals surface area contributed by atoms with Gasteiger partial charge in [0.25, 0.3) is 0 Å². The molecule has 0 saturated heterocycles. The highest BCUT2D eigenvalue weighted by molar-refractivity contribution is 6.44. The van der Waals surface area contributed by atoms with Gasteiger partial charge in [-0.15, -0.1) is 0 Å². The smallest absolute Gasteiger partial charge is 0.350 e. The fraction of sp³-hybridized carbons (Fsp3) is 0.308. The molecule has 0 radical (unpaired) electrons. The summed E-state index contributed by atoms with van der Waals surface area (Å²) in [4.78, 5) is 11.4. The van der Waals surface area contributed by atoms with Gasteiger partial charge in [-0.2, -0.15) is 0 Å². The third kappa shape index (κ3) is 3.49. The van der Waals surface area contributed by atoms with E-state index in [4.69, 9.17) is 21.1 Å². The van der Waals surface area contributed by atoms with Crippen molar-refractivity contribution < 1.29 is 14.3 Å². The molecule has 0 aromatic heterocycles. The predicted octanol–water partition coefficient (Wildman–Crippen LogP) is 3.23. The summed E-state index contributed by atoms with van der Waals surface area (Å²) in [6.07, 6.45) is 0. The topological polar surface area (TPSA) is 35.5 Å². The Morgan fingerprint density at radius 1 is 1.29 bits per heavy atom. The summed E-state index contributed by atoms with van der Waals surface area (Å²) in [6.45, 7) is 3.83. The van der Waals surface area contributed by atoms with Crippen molar-refractivity contribution in [3.63, 3.8) is 0 Å². The van der Waals surface area contributed by atoms with Crippen LogP contribution in [0.1, 0.15) is 19.4 Å². The maximum atomic E-state index is 11.4. The van der Waals surface area contributed by atoms with Gasteiger partial charge in [-0.05, 0) is 37.1 Å². The summed E-state index contributed by atoms with van der Waals surface area (Å²) in [6, 6.07) is 7.31. The lowest BCUT2D eigenvalue weighted by Gasteiger charge is -2.06. The van der Waals surface area contributed by atoms with Gasteiger partial charge in [0, 0.05) is 0 Å². The van der Waals surface area contributed by atoms with E-state index in [1.165, 1.54) is 0 Å². The molecule has 3 nitrogen and oxygen atoms in total. The fourth-order valence-corrected chi connectivity index (χ4v) is 1.48. The summed E-state index contributed by atoms with van der Waals surface area (Å²) >= 11 is 5.94. The number of benzene rings is 1. The predicted molar refractivity (Wildman–Crippen MR) is 68.1 cm³/mol. The Balaban J connectivity index is 2.97. The van der Waals surface area contributed by atoms with Gasteiger partial charge in [0.1, 0.15) is 10.8 Å². The van der Waals surface area contributed by atoms with E-state index >= 15 is 0 Å². The second kappa shape index (κ2) is 6.30. The molecule has 0 aliphatic rings. The van der Waals surface area contributed by atoms with Crippen LogP contribution in [0.5, 0.6) is 5.75 Å². The minimum atomic E-state index is -0.498. The lowest BCUT2D eigenvalue weighted by Crippen LogP contribution is -2.05. The molecule has 0 unspecified atom stereocenters. The van der Waals surface area contributed by atoms with Gasteiger partial charge in [0.15, 0.2) is 0 Å². The van der Waals surface area contributed by atoms with E-state index in [9.17, 15) is 4.79 Å². The van der Waals surface area contributed by atoms with Crippen molar-refractivity contribution in [3.8, 4) is 5.75 Å². The normalized spacial score (nSPS) is 11.8. The molecule has 0 aliphatic heterocycles. The zero-order chi connectivity index (χ0) is 12.8. The molecule has 1 aromatic rings. The molecular weight excluding hydrogens is 240 g/mol. The van der Waals surface area contributed by atoms with Gasteiger partial charge < -0.3 is 9.47 Å². The zero-order valence-electron chi connectivity index (χ0n) is 10.1. The Labute approximate surface area is 106 Å². The molecule has 0 spiro atoms. The van der Waals surface area contributed by atoms with Crippen LogP contribution in [0.4, 0.5) is 0 Å². The summed E-state index contributed by atoms with van der Waals surface area (Å²) in [5.41, 5.74) is 1.55. The Bertz CT molecular complexity index is 421. The first-order chi connectivity index (χ1) is 8.10. The average molecular weight is 255 g/mol. The van der Waals surface area contributed by atoms with Crippen LogP contribution in [0, 0.1) is 0 Å². The van der Waals surface area contributed by atoms with E-state index in [0.717, 1.165) is 11.3 Å².